The van der Waals surface area contributed by atoms with Crippen molar-refractivity contribution in [1.82, 2.24) is 4.98 Å². The molecule has 0 fully saturated rings. The van der Waals surface area contributed by atoms with Gasteiger partial charge in [0.25, 0.3) is 6.33 Å². The summed E-state index contributed by atoms with van der Waals surface area (Å²) in [5.74, 6) is 0. The van der Waals surface area contributed by atoms with Gasteiger partial charge in [0.05, 0.1) is 11.8 Å². The lowest BCUT2D eigenvalue weighted by Gasteiger charge is -1.78. The summed E-state index contributed by atoms with van der Waals surface area (Å²) in [5.41, 5.74) is 1.05. The molecular weight excluding hydrogens is 180 g/mol. The summed E-state index contributed by atoms with van der Waals surface area (Å²) in [6.45, 7) is 0. The average molecular weight is 186 g/mol. The van der Waals surface area contributed by atoms with Crippen LogP contribution in [0.25, 0.3) is 6.08 Å². The minimum absolute atomic E-state index is 1.05. The molecule has 0 radical (unpaired) electrons. The van der Waals surface area contributed by atoms with Gasteiger partial charge in [-0.25, -0.2) is 4.98 Å². The predicted octanol–water partition coefficient (Wildman–Crippen LogP) is 1.26. The zero-order chi connectivity index (χ0) is 6.53. The van der Waals surface area contributed by atoms with Crippen LogP contribution in [0.15, 0.2) is 23.7 Å². The molecule has 0 aliphatic carbocycles. The Morgan fingerprint density at radius 3 is 3.11 bits per heavy atom. The first kappa shape index (κ1) is 6.42. The molecule has 9 heavy (non-hydrogen) atoms. The highest BCUT2D eigenvalue weighted by molar-refractivity contribution is 9.11. The Bertz CT molecular complexity index is 195. The van der Waals surface area contributed by atoms with Gasteiger partial charge < -0.3 is 0 Å². The van der Waals surface area contributed by atoms with E-state index >= 15 is 0 Å². The lowest BCUT2D eigenvalue weighted by molar-refractivity contribution is -0.383. The summed E-state index contributed by atoms with van der Waals surface area (Å²) in [5, 5.41) is 0. The molecule has 1 N–H and O–H groups in total. The van der Waals surface area contributed by atoms with E-state index in [-0.39, 0.29) is 0 Å². The number of hydrogen-bond donors (Lipinski definition) is 0. The highest BCUT2D eigenvalue weighted by Crippen LogP contribution is 1.96. The minimum atomic E-state index is 1.05. The summed E-state index contributed by atoms with van der Waals surface area (Å²) in [7, 11) is 0. The number of nitrogens with one attached hydrogen (secondary N) is 1. The Morgan fingerprint density at radius 2 is 2.56 bits per heavy atom. The summed E-state index contributed by atoms with van der Waals surface area (Å²) in [4.78, 5) is 8.53. The van der Waals surface area contributed by atoms with E-state index in [2.05, 4.69) is 25.9 Å². The monoisotopic (exact) mass is 185 g/mol. The van der Waals surface area contributed by atoms with Crippen molar-refractivity contribution in [2.75, 3.05) is 0 Å². The summed E-state index contributed by atoms with van der Waals surface area (Å²) in [6.07, 6.45) is 7.17. The van der Waals surface area contributed by atoms with Gasteiger partial charge in [-0.2, -0.15) is 0 Å². The van der Waals surface area contributed by atoms with Crippen LogP contribution in [-0.2, 0) is 0 Å². The first-order valence-corrected chi connectivity index (χ1v) is 3.43. The van der Waals surface area contributed by atoms with Crippen LogP contribution < -0.4 is 4.98 Å². The van der Waals surface area contributed by atoms with Crippen LogP contribution in [0.1, 0.15) is 5.56 Å². The van der Waals surface area contributed by atoms with Gasteiger partial charge in [-0.15, -0.1) is 0 Å². The molecule has 0 unspecified atom stereocenters. The van der Waals surface area contributed by atoms with Crippen molar-refractivity contribution in [1.29, 1.82) is 0 Å². The molecule has 0 bridgehead atoms. The van der Waals surface area contributed by atoms with Crippen LogP contribution in [0.2, 0.25) is 0 Å². The normalized spacial score (nSPS) is 10.3. The number of H-pyrrole nitrogens is 1. The second-order valence-corrected chi connectivity index (χ2v) is 2.04. The van der Waals surface area contributed by atoms with Crippen molar-refractivity contribution < 1.29 is 4.98 Å². The van der Waals surface area contributed by atoms with Gasteiger partial charge in [0.1, 0.15) is 6.20 Å². The van der Waals surface area contributed by atoms with E-state index in [1.807, 2.05) is 12.3 Å². The van der Waals surface area contributed by atoms with Gasteiger partial charge in [-0.3, -0.25) is 0 Å². The van der Waals surface area contributed by atoms with Crippen molar-refractivity contribution in [3.8, 4) is 0 Å². The maximum Gasteiger partial charge on any atom is 0.283 e. The Hall–Kier alpha value is -0.700. The summed E-state index contributed by atoms with van der Waals surface area (Å²) < 4.78 is 0. The molecule has 1 heterocycles. The molecule has 0 aliphatic rings. The molecule has 3 heteroatoms. The molecule has 0 aliphatic heterocycles. The quantitative estimate of drug-likeness (QED) is 0.648. The van der Waals surface area contributed by atoms with E-state index in [1.165, 1.54) is 0 Å². The molecular formula is C6H6BrN2+. The van der Waals surface area contributed by atoms with Crippen molar-refractivity contribution in [3.63, 3.8) is 0 Å². The number of hydrogen-bond acceptors (Lipinski definition) is 1. The molecule has 1 rings (SSSR count). The zero-order valence-corrected chi connectivity index (χ0v) is 6.30. The topological polar surface area (TPSA) is 27.0 Å². The third-order valence-electron chi connectivity index (χ3n) is 0.878. The molecule has 0 amide bonds. The van der Waals surface area contributed by atoms with Crippen molar-refractivity contribution >= 4 is 22.0 Å². The van der Waals surface area contributed by atoms with Crippen molar-refractivity contribution in [3.05, 3.63) is 29.3 Å². The van der Waals surface area contributed by atoms with E-state index in [0.29, 0.717) is 0 Å². The second-order valence-electron chi connectivity index (χ2n) is 1.51. The highest BCUT2D eigenvalue weighted by atomic mass is 79.9. The largest absolute Gasteiger partial charge is 0.283 e. The van der Waals surface area contributed by atoms with Crippen LogP contribution >= 0.6 is 15.9 Å². The van der Waals surface area contributed by atoms with E-state index in [0.717, 1.165) is 5.56 Å². The maximum absolute atomic E-state index is 3.88. The number of halogens is 1. The van der Waals surface area contributed by atoms with Gasteiger partial charge in [0.15, 0.2) is 0 Å². The second kappa shape index (κ2) is 3.35. The minimum Gasteiger partial charge on any atom is -0.250 e. The van der Waals surface area contributed by atoms with Gasteiger partial charge in [-0.05, 0) is 11.1 Å². The molecule has 1 aromatic rings. The van der Waals surface area contributed by atoms with Crippen molar-refractivity contribution in [2.24, 2.45) is 0 Å². The molecule has 0 saturated carbocycles. The van der Waals surface area contributed by atoms with E-state index < -0.39 is 0 Å². The SMILES string of the molecule is BrC=Cc1cnc[nH+]c1. The van der Waals surface area contributed by atoms with Gasteiger partial charge in [0.2, 0.25) is 0 Å². The van der Waals surface area contributed by atoms with Crippen LogP contribution in [0.5, 0.6) is 0 Å². The summed E-state index contributed by atoms with van der Waals surface area (Å²) in [6, 6.07) is 0. The Morgan fingerprint density at radius 1 is 1.67 bits per heavy atom. The zero-order valence-electron chi connectivity index (χ0n) is 4.71. The third kappa shape index (κ3) is 1.93. The average Bonchev–Trinajstić information content (AvgIpc) is 1.91. The van der Waals surface area contributed by atoms with E-state index in [9.17, 15) is 0 Å². The lowest BCUT2D eigenvalue weighted by atomic mass is 10.3. The molecule has 1 aromatic heterocycles. The molecule has 0 spiro atoms. The third-order valence-corrected chi connectivity index (χ3v) is 1.14. The smallest absolute Gasteiger partial charge is 0.250 e. The van der Waals surface area contributed by atoms with Gasteiger partial charge >= 0.3 is 0 Å². The van der Waals surface area contributed by atoms with Crippen LogP contribution in [-0.4, -0.2) is 4.98 Å². The van der Waals surface area contributed by atoms with Gasteiger partial charge in [-0.1, -0.05) is 20.9 Å². The van der Waals surface area contributed by atoms with Gasteiger partial charge in [0, 0.05) is 0 Å². The molecule has 0 aromatic carbocycles. The first-order chi connectivity index (χ1) is 4.43. The first-order valence-electron chi connectivity index (χ1n) is 2.51. The Balaban J connectivity index is 2.85. The molecule has 2 nitrogen and oxygen atoms in total. The fourth-order valence-electron chi connectivity index (χ4n) is 0.501. The lowest BCUT2D eigenvalue weighted by Crippen LogP contribution is -2.00. The van der Waals surface area contributed by atoms with E-state index in [1.54, 1.807) is 17.5 Å². The van der Waals surface area contributed by atoms with Crippen LogP contribution in [0.4, 0.5) is 0 Å². The van der Waals surface area contributed by atoms with E-state index in [4.69, 9.17) is 0 Å². The van der Waals surface area contributed by atoms with Crippen molar-refractivity contribution in [2.45, 2.75) is 0 Å². The standard InChI is InChI=1S/C6H5BrN2/c7-2-1-6-3-8-5-9-4-6/h1-5H/p+1. The highest BCUT2D eigenvalue weighted by Gasteiger charge is 1.86. The Labute approximate surface area is 61.8 Å². The molecule has 0 atom stereocenters. The molecule has 46 valence electrons. The number of rotatable bonds is 1. The number of aromatic nitrogens is 2. The number of nitrogens with zero attached hydrogens (tertiary/aromatic N) is 1. The number of aromatic amines is 1. The fourth-order valence-corrected chi connectivity index (χ4v) is 0.806. The fraction of sp³-hybridized carbons (Fsp3) is 0. The maximum atomic E-state index is 3.88. The Kier molecular flexibility index (Phi) is 2.39. The molecule has 0 saturated heterocycles. The van der Waals surface area contributed by atoms with Crippen LogP contribution in [0.3, 0.4) is 0 Å². The summed E-state index contributed by atoms with van der Waals surface area (Å²) >= 11 is 3.16. The van der Waals surface area contributed by atoms with Crippen LogP contribution in [0, 0.1) is 0 Å². The predicted molar refractivity (Wildman–Crippen MR) is 38.8 cm³/mol.